The Labute approximate surface area is 91.9 Å². The number of nitrogens with one attached hydrogen (secondary N) is 1. The maximum atomic E-state index is 9.56. The van der Waals surface area contributed by atoms with Crippen LogP contribution in [-0.4, -0.2) is 11.7 Å². The van der Waals surface area contributed by atoms with Crippen molar-refractivity contribution < 1.29 is 5.11 Å². The normalized spacial score (nSPS) is 20.2. The second kappa shape index (κ2) is 4.31. The third-order valence-electron chi connectivity index (χ3n) is 2.19. The van der Waals surface area contributed by atoms with E-state index < -0.39 is 0 Å². The predicted molar refractivity (Wildman–Crippen MR) is 58.4 cm³/mol. The zero-order chi connectivity index (χ0) is 8.55. The van der Waals surface area contributed by atoms with Crippen LogP contribution in [0.2, 0.25) is 0 Å². The summed E-state index contributed by atoms with van der Waals surface area (Å²) in [6.07, 6.45) is 1.12. The molecule has 2 nitrogen and oxygen atoms in total. The largest absolute Gasteiger partial charge is 0.508 e. The van der Waals surface area contributed by atoms with E-state index in [4.69, 9.17) is 0 Å². The Morgan fingerprint density at radius 2 is 2.15 bits per heavy atom. The fourth-order valence-corrected chi connectivity index (χ4v) is 1.71. The van der Waals surface area contributed by atoms with Gasteiger partial charge in [-0.15, -0.1) is 12.4 Å². The highest BCUT2D eigenvalue weighted by Crippen LogP contribution is 2.31. The first-order valence-electron chi connectivity index (χ1n) is 3.99. The Morgan fingerprint density at radius 3 is 2.62 bits per heavy atom. The highest BCUT2D eigenvalue weighted by atomic mass is 79.9. The molecule has 0 saturated carbocycles. The van der Waals surface area contributed by atoms with Crippen LogP contribution in [-0.2, 0) is 0 Å². The lowest BCUT2D eigenvalue weighted by Crippen LogP contribution is -2.34. The van der Waals surface area contributed by atoms with Gasteiger partial charge in [-0.2, -0.15) is 0 Å². The second-order valence-electron chi connectivity index (χ2n) is 3.00. The van der Waals surface area contributed by atoms with E-state index in [-0.39, 0.29) is 12.4 Å². The third kappa shape index (κ3) is 2.16. The Bertz CT molecular complexity index is 302. The van der Waals surface area contributed by atoms with Gasteiger partial charge in [0, 0.05) is 16.1 Å². The van der Waals surface area contributed by atoms with Gasteiger partial charge in [0.25, 0.3) is 0 Å². The summed E-state index contributed by atoms with van der Waals surface area (Å²) < 4.78 is 0.920. The van der Waals surface area contributed by atoms with Gasteiger partial charge in [0.1, 0.15) is 5.75 Å². The summed E-state index contributed by atoms with van der Waals surface area (Å²) >= 11 is 3.30. The molecule has 1 aliphatic heterocycles. The van der Waals surface area contributed by atoms with Gasteiger partial charge in [-0.3, -0.25) is 0 Å². The monoisotopic (exact) mass is 263 g/mol. The number of phenolic OH excluding ortho intramolecular Hbond substituents is 1. The van der Waals surface area contributed by atoms with Crippen LogP contribution >= 0.6 is 28.3 Å². The SMILES string of the molecule is Cl.Oc1cc(Br)ccc1[C@@H]1CCN1. The van der Waals surface area contributed by atoms with Crippen LogP contribution in [0.4, 0.5) is 0 Å². The molecular formula is C9H11BrClNO. The van der Waals surface area contributed by atoms with Crippen LogP contribution in [0, 0.1) is 0 Å². The Balaban J connectivity index is 0.000000845. The predicted octanol–water partition coefficient (Wildman–Crippen LogP) is 2.61. The molecule has 0 aliphatic carbocycles. The van der Waals surface area contributed by atoms with Crippen LogP contribution in [0.25, 0.3) is 0 Å². The second-order valence-corrected chi connectivity index (χ2v) is 3.91. The van der Waals surface area contributed by atoms with Crippen molar-refractivity contribution in [1.82, 2.24) is 5.32 Å². The maximum absolute atomic E-state index is 9.56. The van der Waals surface area contributed by atoms with Crippen molar-refractivity contribution in [2.24, 2.45) is 0 Å². The Kier molecular flexibility index (Phi) is 3.59. The van der Waals surface area contributed by atoms with E-state index in [0.717, 1.165) is 23.0 Å². The first-order valence-corrected chi connectivity index (χ1v) is 4.78. The first-order chi connectivity index (χ1) is 5.77. The number of hydrogen-bond acceptors (Lipinski definition) is 2. The molecular weight excluding hydrogens is 253 g/mol. The van der Waals surface area contributed by atoms with Gasteiger partial charge in [-0.05, 0) is 25.1 Å². The third-order valence-corrected chi connectivity index (χ3v) is 2.68. The van der Waals surface area contributed by atoms with Crippen LogP contribution in [0.1, 0.15) is 18.0 Å². The zero-order valence-electron chi connectivity index (χ0n) is 6.96. The maximum Gasteiger partial charge on any atom is 0.121 e. The molecule has 4 heteroatoms. The Morgan fingerprint density at radius 1 is 1.46 bits per heavy atom. The minimum atomic E-state index is 0. The zero-order valence-corrected chi connectivity index (χ0v) is 9.36. The number of phenols is 1. The van der Waals surface area contributed by atoms with E-state index in [0.29, 0.717) is 11.8 Å². The van der Waals surface area contributed by atoms with Gasteiger partial charge < -0.3 is 10.4 Å². The van der Waals surface area contributed by atoms with E-state index in [1.807, 2.05) is 12.1 Å². The number of benzene rings is 1. The number of halogens is 2. The fourth-order valence-electron chi connectivity index (χ4n) is 1.37. The summed E-state index contributed by atoms with van der Waals surface area (Å²) in [4.78, 5) is 0. The molecule has 1 aromatic rings. The van der Waals surface area contributed by atoms with Gasteiger partial charge >= 0.3 is 0 Å². The van der Waals surface area contributed by atoms with Gasteiger partial charge in [-0.1, -0.05) is 22.0 Å². The van der Waals surface area contributed by atoms with Crippen molar-refractivity contribution in [2.45, 2.75) is 12.5 Å². The van der Waals surface area contributed by atoms with Gasteiger partial charge in [0.2, 0.25) is 0 Å². The summed E-state index contributed by atoms with van der Waals surface area (Å²) in [6, 6.07) is 6.00. The van der Waals surface area contributed by atoms with Crippen LogP contribution in [0.15, 0.2) is 22.7 Å². The molecule has 0 bridgehead atoms. The van der Waals surface area contributed by atoms with Crippen molar-refractivity contribution in [1.29, 1.82) is 0 Å². The number of aromatic hydroxyl groups is 1. The van der Waals surface area contributed by atoms with Crippen molar-refractivity contribution in [2.75, 3.05) is 6.54 Å². The molecule has 0 aromatic heterocycles. The minimum absolute atomic E-state index is 0. The molecule has 13 heavy (non-hydrogen) atoms. The molecule has 0 spiro atoms. The molecule has 1 saturated heterocycles. The van der Waals surface area contributed by atoms with Crippen LogP contribution in [0.3, 0.4) is 0 Å². The smallest absolute Gasteiger partial charge is 0.121 e. The average molecular weight is 265 g/mol. The molecule has 1 aromatic carbocycles. The molecule has 1 heterocycles. The molecule has 1 fully saturated rings. The molecule has 0 radical (unpaired) electrons. The number of rotatable bonds is 1. The van der Waals surface area contributed by atoms with E-state index >= 15 is 0 Å². The van der Waals surface area contributed by atoms with Crippen molar-refractivity contribution in [3.63, 3.8) is 0 Å². The molecule has 0 amide bonds. The van der Waals surface area contributed by atoms with Crippen LogP contribution in [0.5, 0.6) is 5.75 Å². The van der Waals surface area contributed by atoms with Gasteiger partial charge in [-0.25, -0.2) is 0 Å². The van der Waals surface area contributed by atoms with Crippen molar-refractivity contribution in [3.8, 4) is 5.75 Å². The highest BCUT2D eigenvalue weighted by molar-refractivity contribution is 9.10. The topological polar surface area (TPSA) is 32.3 Å². The summed E-state index contributed by atoms with van der Waals surface area (Å²) in [5, 5.41) is 12.8. The lowest BCUT2D eigenvalue weighted by atomic mass is 9.97. The fraction of sp³-hybridized carbons (Fsp3) is 0.333. The summed E-state index contributed by atoms with van der Waals surface area (Å²) in [7, 11) is 0. The lowest BCUT2D eigenvalue weighted by Gasteiger charge is -2.28. The van der Waals surface area contributed by atoms with E-state index in [9.17, 15) is 5.11 Å². The number of hydrogen-bond donors (Lipinski definition) is 2. The summed E-state index contributed by atoms with van der Waals surface area (Å²) in [5.74, 6) is 0.376. The molecule has 2 rings (SSSR count). The van der Waals surface area contributed by atoms with E-state index in [2.05, 4.69) is 21.2 Å². The molecule has 72 valence electrons. The van der Waals surface area contributed by atoms with Crippen molar-refractivity contribution >= 4 is 28.3 Å². The molecule has 2 N–H and O–H groups in total. The molecule has 0 unspecified atom stereocenters. The van der Waals surface area contributed by atoms with Gasteiger partial charge in [0.05, 0.1) is 0 Å². The van der Waals surface area contributed by atoms with Gasteiger partial charge in [0.15, 0.2) is 0 Å². The van der Waals surface area contributed by atoms with Crippen molar-refractivity contribution in [3.05, 3.63) is 28.2 Å². The Hall–Kier alpha value is -0.250. The highest BCUT2D eigenvalue weighted by Gasteiger charge is 2.20. The average Bonchev–Trinajstić information content (AvgIpc) is 1.91. The minimum Gasteiger partial charge on any atom is -0.508 e. The molecule has 1 atom stereocenters. The van der Waals surface area contributed by atoms with E-state index in [1.54, 1.807) is 6.07 Å². The summed E-state index contributed by atoms with van der Waals surface area (Å²) in [5.41, 5.74) is 1.00. The van der Waals surface area contributed by atoms with E-state index in [1.165, 1.54) is 0 Å². The van der Waals surface area contributed by atoms with Crippen LogP contribution < -0.4 is 5.32 Å². The standard InChI is InChI=1S/C9H10BrNO.ClH/c10-6-1-2-7(9(12)5-6)8-3-4-11-8;/h1-2,5,8,11-12H,3-4H2;1H/t8-;/m0./s1. The summed E-state index contributed by atoms with van der Waals surface area (Å²) in [6.45, 7) is 1.06. The molecule has 1 aliphatic rings. The quantitative estimate of drug-likeness (QED) is 0.817. The lowest BCUT2D eigenvalue weighted by molar-refractivity contribution is 0.364. The first kappa shape index (κ1) is 10.8.